The summed E-state index contributed by atoms with van der Waals surface area (Å²) in [5.41, 5.74) is 2.49. The quantitative estimate of drug-likeness (QED) is 0.669. The number of carbonyl (C=O) groups excluding carboxylic acids is 2. The van der Waals surface area contributed by atoms with Crippen molar-refractivity contribution in [1.82, 2.24) is 4.90 Å². The molecule has 2 amide bonds. The van der Waals surface area contributed by atoms with Gasteiger partial charge in [-0.25, -0.2) is 0 Å². The number of phenolic OH excluding ortho intramolecular Hbond substituents is 1. The van der Waals surface area contributed by atoms with Crippen LogP contribution in [0.25, 0.3) is 10.8 Å². The highest BCUT2D eigenvalue weighted by molar-refractivity contribution is 6.16. The van der Waals surface area contributed by atoms with Crippen LogP contribution >= 0.6 is 0 Å². The summed E-state index contributed by atoms with van der Waals surface area (Å²) in [6.07, 6.45) is 1.94. The van der Waals surface area contributed by atoms with Crippen LogP contribution in [0.4, 0.5) is 5.69 Å². The Balaban J connectivity index is 1.40. The number of hydrogen-bond donors (Lipinski definition) is 2. The van der Waals surface area contributed by atoms with Gasteiger partial charge >= 0.3 is 0 Å². The molecule has 0 radical (unpaired) electrons. The molecule has 3 aromatic rings. The van der Waals surface area contributed by atoms with Crippen LogP contribution in [0.15, 0.2) is 54.6 Å². The van der Waals surface area contributed by atoms with Gasteiger partial charge in [0.05, 0.1) is 11.3 Å². The van der Waals surface area contributed by atoms with E-state index in [2.05, 4.69) is 5.32 Å². The normalized spacial score (nSPS) is 16.5. The second-order valence-electron chi connectivity index (χ2n) is 8.21. The summed E-state index contributed by atoms with van der Waals surface area (Å²) in [4.78, 5) is 28.2. The molecule has 0 aromatic heterocycles. The Labute approximate surface area is 180 Å². The fourth-order valence-electron chi connectivity index (χ4n) is 4.58. The zero-order valence-corrected chi connectivity index (χ0v) is 17.1. The summed E-state index contributed by atoms with van der Waals surface area (Å²) in [7, 11) is 0. The first kappa shape index (κ1) is 19.6. The molecule has 158 valence electrons. The highest BCUT2D eigenvalue weighted by Gasteiger charge is 2.32. The Bertz CT molecular complexity index is 1170. The molecule has 2 N–H and O–H groups in total. The zero-order chi connectivity index (χ0) is 21.4. The van der Waals surface area contributed by atoms with Gasteiger partial charge in [0.1, 0.15) is 5.75 Å². The highest BCUT2D eigenvalue weighted by Crippen LogP contribution is 2.32. The average molecular weight is 416 g/mol. The molecule has 0 atom stereocenters. The largest absolute Gasteiger partial charge is 0.507 e. The van der Waals surface area contributed by atoms with Gasteiger partial charge in [0, 0.05) is 37.3 Å². The van der Waals surface area contributed by atoms with Crippen LogP contribution in [0.5, 0.6) is 5.75 Å². The van der Waals surface area contributed by atoms with E-state index in [9.17, 15) is 14.7 Å². The van der Waals surface area contributed by atoms with Crippen molar-refractivity contribution in [3.8, 4) is 5.75 Å². The molecular weight excluding hydrogens is 392 g/mol. The third-order valence-corrected chi connectivity index (χ3v) is 6.23. The molecule has 0 unspecified atom stereocenters. The highest BCUT2D eigenvalue weighted by atomic mass is 16.5. The van der Waals surface area contributed by atoms with Crippen LogP contribution in [-0.4, -0.2) is 41.6 Å². The summed E-state index contributed by atoms with van der Waals surface area (Å²) in [6.45, 7) is 2.79. The van der Waals surface area contributed by atoms with E-state index in [-0.39, 0.29) is 17.6 Å². The molecule has 0 saturated carbocycles. The van der Waals surface area contributed by atoms with E-state index in [4.69, 9.17) is 4.74 Å². The minimum atomic E-state index is -0.305. The second kappa shape index (κ2) is 8.04. The standard InChI is InChI=1S/C25H24N2O4/c28-22-9-8-20(18-5-1-2-6-19(18)22)24(29)26-21-7-3-4-17-15-27(25(30)23(17)21)14-16-10-12-31-13-11-16/h1-9,16,28H,10-15H2,(H,26,29). The van der Waals surface area contributed by atoms with Crippen LogP contribution in [-0.2, 0) is 11.3 Å². The minimum absolute atomic E-state index is 0.0343. The summed E-state index contributed by atoms with van der Waals surface area (Å²) in [6, 6.07) is 15.9. The number of nitrogens with zero attached hydrogens (tertiary/aromatic N) is 1. The lowest BCUT2D eigenvalue weighted by atomic mass is 10.00. The number of carbonyl (C=O) groups is 2. The fourth-order valence-corrected chi connectivity index (χ4v) is 4.58. The minimum Gasteiger partial charge on any atom is -0.507 e. The van der Waals surface area contributed by atoms with E-state index < -0.39 is 0 Å². The van der Waals surface area contributed by atoms with Crippen molar-refractivity contribution in [3.05, 3.63) is 71.3 Å². The third kappa shape index (κ3) is 3.64. The molecule has 0 spiro atoms. The number of aromatic hydroxyl groups is 1. The number of rotatable bonds is 4. The molecule has 2 aliphatic rings. The van der Waals surface area contributed by atoms with Crippen LogP contribution < -0.4 is 5.32 Å². The molecule has 1 saturated heterocycles. The summed E-state index contributed by atoms with van der Waals surface area (Å²) in [5, 5.41) is 14.3. The van der Waals surface area contributed by atoms with E-state index in [0.717, 1.165) is 31.6 Å². The van der Waals surface area contributed by atoms with E-state index in [0.29, 0.717) is 46.6 Å². The maximum absolute atomic E-state index is 13.2. The van der Waals surface area contributed by atoms with Crippen molar-refractivity contribution in [2.75, 3.05) is 25.1 Å². The smallest absolute Gasteiger partial charge is 0.256 e. The second-order valence-corrected chi connectivity index (χ2v) is 8.21. The van der Waals surface area contributed by atoms with Crippen LogP contribution in [0.1, 0.15) is 39.1 Å². The third-order valence-electron chi connectivity index (χ3n) is 6.23. The molecule has 5 rings (SSSR count). The molecule has 0 aliphatic carbocycles. The van der Waals surface area contributed by atoms with Crippen molar-refractivity contribution in [2.24, 2.45) is 5.92 Å². The van der Waals surface area contributed by atoms with Gasteiger partial charge < -0.3 is 20.1 Å². The lowest BCUT2D eigenvalue weighted by Crippen LogP contribution is -2.32. The first-order chi connectivity index (χ1) is 15.1. The van der Waals surface area contributed by atoms with Crippen molar-refractivity contribution in [3.63, 3.8) is 0 Å². The van der Waals surface area contributed by atoms with Crippen molar-refractivity contribution in [1.29, 1.82) is 0 Å². The van der Waals surface area contributed by atoms with Crippen LogP contribution in [0.2, 0.25) is 0 Å². The predicted octanol–water partition coefficient (Wildman–Crippen LogP) is 4.18. The summed E-state index contributed by atoms with van der Waals surface area (Å²) >= 11 is 0. The van der Waals surface area contributed by atoms with Gasteiger partial charge in [-0.05, 0) is 47.9 Å². The van der Waals surface area contributed by atoms with Crippen LogP contribution in [0.3, 0.4) is 0 Å². The number of anilines is 1. The molecule has 3 aromatic carbocycles. The Morgan fingerprint density at radius 2 is 1.81 bits per heavy atom. The van der Waals surface area contributed by atoms with Gasteiger partial charge in [-0.3, -0.25) is 9.59 Å². The molecule has 2 aliphatic heterocycles. The number of nitrogens with one attached hydrogen (secondary N) is 1. The maximum atomic E-state index is 13.2. The summed E-state index contributed by atoms with van der Waals surface area (Å²) < 4.78 is 5.43. The van der Waals surface area contributed by atoms with E-state index in [1.807, 2.05) is 29.2 Å². The molecular formula is C25H24N2O4. The molecule has 0 bridgehead atoms. The SMILES string of the molecule is O=C(Nc1cccc2c1C(=O)N(CC1CCOCC1)C2)c1ccc(O)c2ccccc12. The molecule has 31 heavy (non-hydrogen) atoms. The van der Waals surface area contributed by atoms with Gasteiger partial charge in [0.2, 0.25) is 0 Å². The van der Waals surface area contributed by atoms with Crippen LogP contribution in [0, 0.1) is 5.92 Å². The number of ether oxygens (including phenoxy) is 1. The number of amides is 2. The summed E-state index contributed by atoms with van der Waals surface area (Å²) in [5.74, 6) is 0.244. The number of hydrogen-bond acceptors (Lipinski definition) is 4. The maximum Gasteiger partial charge on any atom is 0.256 e. The molecule has 6 nitrogen and oxygen atoms in total. The van der Waals surface area contributed by atoms with Crippen molar-refractivity contribution in [2.45, 2.75) is 19.4 Å². The number of benzene rings is 3. The Hall–Kier alpha value is -3.38. The number of fused-ring (bicyclic) bond motifs is 2. The molecule has 1 fully saturated rings. The van der Waals surface area contributed by atoms with E-state index in [1.165, 1.54) is 6.07 Å². The van der Waals surface area contributed by atoms with E-state index >= 15 is 0 Å². The lowest BCUT2D eigenvalue weighted by molar-refractivity contribution is 0.0469. The van der Waals surface area contributed by atoms with Gasteiger partial charge in [-0.2, -0.15) is 0 Å². The number of phenols is 1. The van der Waals surface area contributed by atoms with Gasteiger partial charge in [-0.15, -0.1) is 0 Å². The van der Waals surface area contributed by atoms with Crippen molar-refractivity contribution >= 4 is 28.3 Å². The monoisotopic (exact) mass is 416 g/mol. The first-order valence-electron chi connectivity index (χ1n) is 10.6. The molecule has 2 heterocycles. The Morgan fingerprint density at radius 3 is 2.61 bits per heavy atom. The zero-order valence-electron chi connectivity index (χ0n) is 17.1. The predicted molar refractivity (Wildman–Crippen MR) is 118 cm³/mol. The Morgan fingerprint density at radius 1 is 1.03 bits per heavy atom. The van der Waals surface area contributed by atoms with Gasteiger partial charge in [0.25, 0.3) is 11.8 Å². The fraction of sp³-hybridized carbons (Fsp3) is 0.280. The average Bonchev–Trinajstić information content (AvgIpc) is 3.11. The van der Waals surface area contributed by atoms with Gasteiger partial charge in [-0.1, -0.05) is 36.4 Å². The first-order valence-corrected chi connectivity index (χ1v) is 10.6. The molecule has 6 heteroatoms. The Kier molecular flexibility index (Phi) is 5.08. The topological polar surface area (TPSA) is 78.9 Å². The van der Waals surface area contributed by atoms with Crippen molar-refractivity contribution < 1.29 is 19.4 Å². The van der Waals surface area contributed by atoms with Gasteiger partial charge in [0.15, 0.2) is 0 Å². The van der Waals surface area contributed by atoms with E-state index in [1.54, 1.807) is 24.3 Å². The lowest BCUT2D eigenvalue weighted by Gasteiger charge is -2.26.